The van der Waals surface area contributed by atoms with E-state index in [1.807, 2.05) is 0 Å². The van der Waals surface area contributed by atoms with E-state index in [0.29, 0.717) is 25.7 Å². The maximum Gasteiger partial charge on any atom is 0.522 e. The quantitative estimate of drug-likeness (QED) is 0.385. The fourth-order valence-electron chi connectivity index (χ4n) is 5.01. The van der Waals surface area contributed by atoms with Crippen LogP contribution in [0.5, 0.6) is 5.75 Å². The second-order valence-electron chi connectivity index (χ2n) is 9.30. The molecule has 1 aromatic heterocycles. The minimum atomic E-state index is -4.75. The molecule has 5 rings (SSSR count). The highest BCUT2D eigenvalue weighted by Crippen LogP contribution is 2.63. The predicted octanol–water partition coefficient (Wildman–Crippen LogP) is 2.61. The number of carbonyl (C=O) groups excluding carboxylic acids is 3. The molecule has 1 heterocycles. The summed E-state index contributed by atoms with van der Waals surface area (Å²) in [7, 11) is 0. The van der Waals surface area contributed by atoms with Crippen LogP contribution in [0, 0.1) is 5.92 Å². The second-order valence-corrected chi connectivity index (χ2v) is 9.30. The molecule has 0 atom stereocenters. The molecule has 35 heavy (non-hydrogen) atoms. The highest BCUT2D eigenvalue weighted by Gasteiger charge is 2.71. The van der Waals surface area contributed by atoms with E-state index in [0.717, 1.165) is 18.3 Å². The van der Waals surface area contributed by atoms with Gasteiger partial charge in [-0.25, -0.2) is 4.98 Å². The smallest absolute Gasteiger partial charge is 0.482 e. The fraction of sp³-hybridized carbons (Fsp3) is 0.619. The SMILES string of the molecule is O=CN(CC(=O)C1CC(OC(F)(F)F)C1)C12CC(NC(=O)COc3ccc(C(F)(F)F)nc3)(C1)C2. The summed E-state index contributed by atoms with van der Waals surface area (Å²) in [5, 5.41) is 2.78. The van der Waals surface area contributed by atoms with Crippen molar-refractivity contribution in [3.63, 3.8) is 0 Å². The third-order valence-electron chi connectivity index (χ3n) is 6.72. The highest BCUT2D eigenvalue weighted by atomic mass is 19.4. The Morgan fingerprint density at radius 2 is 1.80 bits per heavy atom. The molecule has 0 aliphatic heterocycles. The molecule has 4 aliphatic rings. The van der Waals surface area contributed by atoms with Crippen LogP contribution in [0.15, 0.2) is 18.3 Å². The Bertz CT molecular complexity index is 971. The second kappa shape index (κ2) is 8.64. The molecular weight excluding hydrogens is 488 g/mol. The van der Waals surface area contributed by atoms with Crippen molar-refractivity contribution in [1.29, 1.82) is 0 Å². The van der Waals surface area contributed by atoms with Gasteiger partial charge in [0.05, 0.1) is 18.8 Å². The molecular formula is C21H21F6N3O5. The fourth-order valence-corrected chi connectivity index (χ4v) is 5.01. The number of hydrogen-bond donors (Lipinski definition) is 1. The van der Waals surface area contributed by atoms with Gasteiger partial charge >= 0.3 is 12.5 Å². The Morgan fingerprint density at radius 3 is 2.31 bits per heavy atom. The predicted molar refractivity (Wildman–Crippen MR) is 104 cm³/mol. The van der Waals surface area contributed by atoms with Crippen molar-refractivity contribution in [2.45, 2.75) is 61.8 Å². The van der Waals surface area contributed by atoms with Crippen molar-refractivity contribution in [2.75, 3.05) is 13.2 Å². The molecule has 2 amide bonds. The third-order valence-corrected chi connectivity index (χ3v) is 6.72. The van der Waals surface area contributed by atoms with Gasteiger partial charge in [0.2, 0.25) is 6.41 Å². The van der Waals surface area contributed by atoms with Crippen LogP contribution < -0.4 is 10.1 Å². The molecule has 0 radical (unpaired) electrons. The Kier molecular flexibility index (Phi) is 6.22. The lowest BCUT2D eigenvalue weighted by molar-refractivity contribution is -0.353. The summed E-state index contributed by atoms with van der Waals surface area (Å²) in [6.07, 6.45) is -7.87. The summed E-state index contributed by atoms with van der Waals surface area (Å²) in [6, 6.07) is 1.79. The highest BCUT2D eigenvalue weighted by molar-refractivity contribution is 5.86. The topological polar surface area (TPSA) is 97.8 Å². The largest absolute Gasteiger partial charge is 0.522 e. The number of ketones is 1. The molecule has 14 heteroatoms. The summed E-state index contributed by atoms with van der Waals surface area (Å²) in [5.74, 6) is -1.44. The van der Waals surface area contributed by atoms with Crippen LogP contribution in [0.3, 0.4) is 0 Å². The van der Waals surface area contributed by atoms with Gasteiger partial charge in [-0.3, -0.25) is 19.1 Å². The number of hydrogen-bond acceptors (Lipinski definition) is 6. The molecule has 4 aliphatic carbocycles. The van der Waals surface area contributed by atoms with Crippen LogP contribution in [0.1, 0.15) is 37.8 Å². The Balaban J connectivity index is 1.19. The van der Waals surface area contributed by atoms with Gasteiger partial charge in [0.25, 0.3) is 5.91 Å². The van der Waals surface area contributed by atoms with Crippen LogP contribution in [0.2, 0.25) is 0 Å². The molecule has 4 saturated carbocycles. The van der Waals surface area contributed by atoms with Crippen LogP contribution >= 0.6 is 0 Å². The number of ether oxygens (including phenoxy) is 2. The van der Waals surface area contributed by atoms with Crippen molar-refractivity contribution in [3.05, 3.63) is 24.0 Å². The number of amides is 2. The lowest BCUT2D eigenvalue weighted by atomic mass is 9.43. The summed E-state index contributed by atoms with van der Waals surface area (Å²) in [6.45, 7) is -0.665. The molecule has 4 fully saturated rings. The van der Waals surface area contributed by atoms with Crippen molar-refractivity contribution in [3.8, 4) is 5.75 Å². The monoisotopic (exact) mass is 509 g/mol. The number of Topliss-reactive ketones (excluding diaryl/α,β-unsaturated/α-hetero) is 1. The zero-order chi connectivity index (χ0) is 25.6. The standard InChI is InChI=1S/C21H21F6N3O5/c22-20(23,24)16-2-1-13(5-28-16)34-7-17(33)29-18-8-19(9-18,10-18)30(11-31)6-15(32)12-3-14(4-12)35-21(25,26)27/h1-2,5,11-12,14H,3-4,6-10H2,(H,29,33). The van der Waals surface area contributed by atoms with E-state index in [1.165, 1.54) is 4.90 Å². The van der Waals surface area contributed by atoms with Gasteiger partial charge in [-0.15, -0.1) is 13.2 Å². The van der Waals surface area contributed by atoms with Gasteiger partial charge in [-0.05, 0) is 44.2 Å². The number of alkyl halides is 6. The molecule has 1 aromatic rings. The molecule has 0 aromatic carbocycles. The summed E-state index contributed by atoms with van der Waals surface area (Å²) in [4.78, 5) is 40.7. The van der Waals surface area contributed by atoms with Gasteiger partial charge in [0, 0.05) is 17.0 Å². The minimum absolute atomic E-state index is 0.00766. The lowest BCUT2D eigenvalue weighted by Crippen LogP contribution is -2.84. The number of aromatic nitrogens is 1. The van der Waals surface area contributed by atoms with E-state index in [2.05, 4.69) is 15.0 Å². The molecule has 8 nitrogen and oxygen atoms in total. The van der Waals surface area contributed by atoms with Gasteiger partial charge in [-0.1, -0.05) is 0 Å². The van der Waals surface area contributed by atoms with E-state index in [1.54, 1.807) is 0 Å². The number of nitrogens with zero attached hydrogens (tertiary/aromatic N) is 2. The summed E-state index contributed by atoms with van der Waals surface area (Å²) >= 11 is 0. The van der Waals surface area contributed by atoms with E-state index in [-0.39, 0.29) is 30.9 Å². The Hall–Kier alpha value is -2.90. The molecule has 0 saturated heterocycles. The first-order valence-electron chi connectivity index (χ1n) is 10.7. The molecule has 2 bridgehead atoms. The van der Waals surface area contributed by atoms with E-state index < -0.39 is 53.8 Å². The molecule has 1 N–H and O–H groups in total. The minimum Gasteiger partial charge on any atom is -0.482 e. The first-order valence-corrected chi connectivity index (χ1v) is 10.7. The van der Waals surface area contributed by atoms with Gasteiger partial charge in [0.1, 0.15) is 11.4 Å². The number of rotatable bonds is 10. The molecule has 0 unspecified atom stereocenters. The number of nitrogens with one attached hydrogen (secondary N) is 1. The molecule has 0 spiro atoms. The third kappa shape index (κ3) is 5.36. The maximum atomic E-state index is 12.5. The molecule has 192 valence electrons. The van der Waals surface area contributed by atoms with Crippen molar-refractivity contribution < 1.29 is 50.2 Å². The van der Waals surface area contributed by atoms with Crippen LogP contribution in [0.25, 0.3) is 0 Å². The number of carbonyl (C=O) groups is 3. The average Bonchev–Trinajstić information content (AvgIpc) is 2.67. The van der Waals surface area contributed by atoms with Gasteiger partial charge in [0.15, 0.2) is 12.4 Å². The summed E-state index contributed by atoms with van der Waals surface area (Å²) < 4.78 is 83.3. The average molecular weight is 509 g/mol. The van der Waals surface area contributed by atoms with Crippen molar-refractivity contribution in [1.82, 2.24) is 15.2 Å². The first kappa shape index (κ1) is 25.2. The maximum absolute atomic E-state index is 12.5. The Morgan fingerprint density at radius 1 is 1.14 bits per heavy atom. The van der Waals surface area contributed by atoms with E-state index in [9.17, 15) is 40.7 Å². The van der Waals surface area contributed by atoms with Gasteiger partial charge < -0.3 is 15.0 Å². The zero-order valence-corrected chi connectivity index (χ0v) is 18.1. The number of pyridine rings is 1. The van der Waals surface area contributed by atoms with Crippen molar-refractivity contribution in [2.24, 2.45) is 5.92 Å². The van der Waals surface area contributed by atoms with Crippen LogP contribution in [0.4, 0.5) is 26.3 Å². The van der Waals surface area contributed by atoms with Crippen molar-refractivity contribution >= 4 is 18.1 Å². The normalized spacial score (nSPS) is 29.2. The zero-order valence-electron chi connectivity index (χ0n) is 18.1. The first-order chi connectivity index (χ1) is 16.2. The van der Waals surface area contributed by atoms with Gasteiger partial charge in [-0.2, -0.15) is 13.2 Å². The lowest BCUT2D eigenvalue weighted by Gasteiger charge is -2.72. The van der Waals surface area contributed by atoms with E-state index >= 15 is 0 Å². The van der Waals surface area contributed by atoms with Crippen LogP contribution in [-0.4, -0.2) is 64.7 Å². The summed E-state index contributed by atoms with van der Waals surface area (Å²) in [5.41, 5.74) is -2.24. The van der Waals surface area contributed by atoms with E-state index in [4.69, 9.17) is 4.74 Å². The Labute approximate surface area is 194 Å². The number of halogens is 6. The van der Waals surface area contributed by atoms with Crippen LogP contribution in [-0.2, 0) is 25.3 Å².